The van der Waals surface area contributed by atoms with Crippen molar-refractivity contribution >= 4 is 11.8 Å². The highest BCUT2D eigenvalue weighted by Gasteiger charge is 2.45. The fourth-order valence-corrected chi connectivity index (χ4v) is 3.01. The SMILES string of the molecule is CCCC(C)(C)N1CCC(=O)NC(CC)(CC)C1=O. The Morgan fingerprint density at radius 3 is 2.26 bits per heavy atom. The van der Waals surface area contributed by atoms with Crippen LogP contribution in [-0.2, 0) is 9.59 Å². The molecule has 1 rings (SSSR count). The van der Waals surface area contributed by atoms with Crippen LogP contribution in [0.1, 0.15) is 66.7 Å². The molecule has 4 nitrogen and oxygen atoms in total. The Morgan fingerprint density at radius 2 is 1.79 bits per heavy atom. The first kappa shape index (κ1) is 16.0. The van der Waals surface area contributed by atoms with Crippen molar-refractivity contribution in [3.63, 3.8) is 0 Å². The monoisotopic (exact) mass is 268 g/mol. The smallest absolute Gasteiger partial charge is 0.248 e. The lowest BCUT2D eigenvalue weighted by Gasteiger charge is -2.42. The average molecular weight is 268 g/mol. The van der Waals surface area contributed by atoms with E-state index in [9.17, 15) is 9.59 Å². The summed E-state index contributed by atoms with van der Waals surface area (Å²) >= 11 is 0. The normalized spacial score (nSPS) is 20.2. The molecule has 0 aromatic heterocycles. The fourth-order valence-electron chi connectivity index (χ4n) is 3.01. The van der Waals surface area contributed by atoms with Gasteiger partial charge in [-0.05, 0) is 33.1 Å². The summed E-state index contributed by atoms with van der Waals surface area (Å²) in [5.74, 6) is 0.0775. The van der Waals surface area contributed by atoms with E-state index in [4.69, 9.17) is 0 Å². The molecule has 1 heterocycles. The van der Waals surface area contributed by atoms with Crippen molar-refractivity contribution < 1.29 is 9.59 Å². The van der Waals surface area contributed by atoms with Gasteiger partial charge in [0, 0.05) is 18.5 Å². The highest BCUT2D eigenvalue weighted by atomic mass is 16.2. The third kappa shape index (κ3) is 3.10. The summed E-state index contributed by atoms with van der Waals surface area (Å²) in [7, 11) is 0. The van der Waals surface area contributed by atoms with Crippen LogP contribution in [0.3, 0.4) is 0 Å². The van der Waals surface area contributed by atoms with Crippen molar-refractivity contribution in [2.45, 2.75) is 77.8 Å². The highest BCUT2D eigenvalue weighted by Crippen LogP contribution is 2.29. The first-order valence-corrected chi connectivity index (χ1v) is 7.46. The molecule has 0 spiro atoms. The number of hydrogen-bond acceptors (Lipinski definition) is 2. The van der Waals surface area contributed by atoms with Crippen LogP contribution in [0.15, 0.2) is 0 Å². The molecular weight excluding hydrogens is 240 g/mol. The van der Waals surface area contributed by atoms with E-state index in [0.29, 0.717) is 25.8 Å². The second-order valence-electron chi connectivity index (χ2n) is 6.11. The maximum atomic E-state index is 12.9. The molecule has 19 heavy (non-hydrogen) atoms. The van der Waals surface area contributed by atoms with Gasteiger partial charge in [0.15, 0.2) is 0 Å². The summed E-state index contributed by atoms with van der Waals surface area (Å²) < 4.78 is 0. The molecule has 2 amide bonds. The number of rotatable bonds is 5. The molecule has 4 heteroatoms. The van der Waals surface area contributed by atoms with Crippen LogP contribution < -0.4 is 5.32 Å². The van der Waals surface area contributed by atoms with Crippen LogP contribution >= 0.6 is 0 Å². The molecule has 0 saturated carbocycles. The van der Waals surface area contributed by atoms with Gasteiger partial charge in [0.25, 0.3) is 0 Å². The van der Waals surface area contributed by atoms with E-state index in [2.05, 4.69) is 26.1 Å². The third-order valence-electron chi connectivity index (χ3n) is 4.40. The first-order valence-electron chi connectivity index (χ1n) is 7.46. The van der Waals surface area contributed by atoms with Gasteiger partial charge in [0.05, 0.1) is 0 Å². The molecule has 1 saturated heterocycles. The molecule has 1 fully saturated rings. The van der Waals surface area contributed by atoms with Crippen molar-refractivity contribution in [3.05, 3.63) is 0 Å². The number of amides is 2. The lowest BCUT2D eigenvalue weighted by Crippen LogP contribution is -2.60. The molecule has 1 aliphatic rings. The molecule has 0 aromatic carbocycles. The Labute approximate surface area is 116 Å². The highest BCUT2D eigenvalue weighted by molar-refractivity contribution is 5.93. The molecule has 0 unspecified atom stereocenters. The Hall–Kier alpha value is -1.06. The number of nitrogens with one attached hydrogen (secondary N) is 1. The molecule has 0 aromatic rings. The maximum Gasteiger partial charge on any atom is 0.248 e. The van der Waals surface area contributed by atoms with E-state index in [0.717, 1.165) is 12.8 Å². The second kappa shape index (κ2) is 5.93. The first-order chi connectivity index (χ1) is 8.83. The summed E-state index contributed by atoms with van der Waals surface area (Å²) in [6, 6.07) is 0. The molecular formula is C15H28N2O2. The van der Waals surface area contributed by atoms with Gasteiger partial charge in [-0.2, -0.15) is 0 Å². The van der Waals surface area contributed by atoms with Crippen molar-refractivity contribution in [2.24, 2.45) is 0 Å². The number of hydrogen-bond donors (Lipinski definition) is 1. The molecule has 1 aliphatic heterocycles. The van der Waals surface area contributed by atoms with Gasteiger partial charge in [0.1, 0.15) is 5.54 Å². The van der Waals surface area contributed by atoms with Gasteiger partial charge < -0.3 is 10.2 Å². The maximum absolute atomic E-state index is 12.9. The Kier molecular flexibility index (Phi) is 4.99. The van der Waals surface area contributed by atoms with Crippen LogP contribution in [-0.4, -0.2) is 34.3 Å². The summed E-state index contributed by atoms with van der Waals surface area (Å²) in [6.45, 7) is 10.8. The van der Waals surface area contributed by atoms with Gasteiger partial charge in [-0.1, -0.05) is 27.2 Å². The zero-order valence-electron chi connectivity index (χ0n) is 13.0. The van der Waals surface area contributed by atoms with E-state index in [-0.39, 0.29) is 17.4 Å². The summed E-state index contributed by atoms with van der Waals surface area (Å²) in [5, 5.41) is 2.96. The average Bonchev–Trinajstić information content (AvgIpc) is 2.47. The van der Waals surface area contributed by atoms with Crippen LogP contribution in [0.25, 0.3) is 0 Å². The standard InChI is InChI=1S/C15H28N2O2/c1-6-10-14(4,5)17-11-9-12(18)16-15(7-2,8-3)13(17)19/h6-11H2,1-5H3,(H,16,18). The minimum atomic E-state index is -0.710. The summed E-state index contributed by atoms with van der Waals surface area (Å²) in [6.07, 6.45) is 3.68. The van der Waals surface area contributed by atoms with E-state index < -0.39 is 5.54 Å². The largest absolute Gasteiger partial charge is 0.342 e. The second-order valence-corrected chi connectivity index (χ2v) is 6.11. The summed E-state index contributed by atoms with van der Waals surface area (Å²) in [5.41, 5.74) is -0.897. The zero-order valence-corrected chi connectivity index (χ0v) is 13.0. The van der Waals surface area contributed by atoms with Gasteiger partial charge >= 0.3 is 0 Å². The zero-order chi connectivity index (χ0) is 14.7. The van der Waals surface area contributed by atoms with Crippen molar-refractivity contribution in [2.75, 3.05) is 6.54 Å². The van der Waals surface area contributed by atoms with Crippen LogP contribution in [0.2, 0.25) is 0 Å². The molecule has 0 atom stereocenters. The minimum absolute atomic E-state index is 0.00755. The van der Waals surface area contributed by atoms with Crippen LogP contribution in [0, 0.1) is 0 Å². The van der Waals surface area contributed by atoms with Crippen LogP contribution in [0.4, 0.5) is 0 Å². The van der Waals surface area contributed by atoms with E-state index in [1.165, 1.54) is 0 Å². The Bertz CT molecular complexity index is 346. The molecule has 110 valence electrons. The predicted molar refractivity (Wildman–Crippen MR) is 76.8 cm³/mol. The molecule has 0 radical (unpaired) electrons. The Balaban J connectivity index is 3.12. The van der Waals surface area contributed by atoms with E-state index in [1.807, 2.05) is 18.7 Å². The molecule has 1 N–H and O–H groups in total. The summed E-state index contributed by atoms with van der Waals surface area (Å²) in [4.78, 5) is 26.7. The molecule has 0 aliphatic carbocycles. The number of carbonyl (C=O) groups is 2. The number of nitrogens with zero attached hydrogens (tertiary/aromatic N) is 1. The van der Waals surface area contributed by atoms with Crippen LogP contribution in [0.5, 0.6) is 0 Å². The third-order valence-corrected chi connectivity index (χ3v) is 4.40. The minimum Gasteiger partial charge on any atom is -0.342 e. The lowest BCUT2D eigenvalue weighted by molar-refractivity contribution is -0.144. The Morgan fingerprint density at radius 1 is 1.21 bits per heavy atom. The topological polar surface area (TPSA) is 49.4 Å². The lowest BCUT2D eigenvalue weighted by atomic mass is 9.88. The quantitative estimate of drug-likeness (QED) is 0.832. The number of carbonyl (C=O) groups excluding carboxylic acids is 2. The van der Waals surface area contributed by atoms with Crippen molar-refractivity contribution in [1.29, 1.82) is 0 Å². The van der Waals surface area contributed by atoms with E-state index in [1.54, 1.807) is 0 Å². The predicted octanol–water partition coefficient (Wildman–Crippen LogP) is 2.47. The van der Waals surface area contributed by atoms with Crippen molar-refractivity contribution in [1.82, 2.24) is 10.2 Å². The van der Waals surface area contributed by atoms with Crippen molar-refractivity contribution in [3.8, 4) is 0 Å². The van der Waals surface area contributed by atoms with Gasteiger partial charge in [-0.25, -0.2) is 0 Å². The fraction of sp³-hybridized carbons (Fsp3) is 0.867. The van der Waals surface area contributed by atoms with Gasteiger partial charge in [-0.15, -0.1) is 0 Å². The molecule has 0 bridgehead atoms. The van der Waals surface area contributed by atoms with Gasteiger partial charge in [0.2, 0.25) is 11.8 Å². The van der Waals surface area contributed by atoms with Gasteiger partial charge in [-0.3, -0.25) is 9.59 Å². The van der Waals surface area contributed by atoms with E-state index >= 15 is 0 Å².